The van der Waals surface area contributed by atoms with Gasteiger partial charge in [0.1, 0.15) is 17.6 Å². The van der Waals surface area contributed by atoms with Crippen LogP contribution >= 0.6 is 0 Å². The minimum Gasteiger partial charge on any atom is -0.507 e. The molecule has 1 aromatic heterocycles. The number of benzene rings is 1. The second-order valence-corrected chi connectivity index (χ2v) is 8.63. The van der Waals surface area contributed by atoms with Crippen molar-refractivity contribution in [2.75, 3.05) is 6.61 Å². The van der Waals surface area contributed by atoms with Crippen LogP contribution < -0.4 is 4.74 Å². The number of nitrogens with zero attached hydrogens (tertiary/aromatic N) is 2. The van der Waals surface area contributed by atoms with E-state index in [1.165, 1.54) is 0 Å². The Morgan fingerprint density at radius 1 is 1.16 bits per heavy atom. The van der Waals surface area contributed by atoms with Crippen molar-refractivity contribution in [2.45, 2.75) is 51.6 Å². The molecule has 2 aliphatic rings. The van der Waals surface area contributed by atoms with Crippen molar-refractivity contribution in [2.24, 2.45) is 5.92 Å². The van der Waals surface area contributed by atoms with Crippen molar-refractivity contribution >= 4 is 17.4 Å². The number of ketones is 1. The van der Waals surface area contributed by atoms with Crippen LogP contribution in [0.4, 0.5) is 0 Å². The van der Waals surface area contributed by atoms with Crippen molar-refractivity contribution in [3.63, 3.8) is 0 Å². The number of hydrogen-bond donors (Lipinski definition) is 1. The van der Waals surface area contributed by atoms with Gasteiger partial charge in [-0.3, -0.25) is 14.6 Å². The molecule has 1 saturated carbocycles. The van der Waals surface area contributed by atoms with E-state index in [2.05, 4.69) is 18.8 Å². The van der Waals surface area contributed by atoms with E-state index < -0.39 is 17.7 Å². The zero-order valence-corrected chi connectivity index (χ0v) is 18.0. The molecule has 2 aromatic rings. The first kappa shape index (κ1) is 21.1. The van der Waals surface area contributed by atoms with E-state index in [9.17, 15) is 14.7 Å². The average Bonchev–Trinajstić information content (AvgIpc) is 3.39. The number of carbonyl (C=O) groups excluding carboxylic acids is 2. The Balaban J connectivity index is 1.79. The molecular formula is C25H28N2O4. The number of likely N-dealkylation sites (tertiary alicyclic amines) is 1. The Hall–Kier alpha value is -3.15. The zero-order chi connectivity index (χ0) is 22.0. The van der Waals surface area contributed by atoms with Gasteiger partial charge in [-0.1, -0.05) is 44.9 Å². The first-order valence-electron chi connectivity index (χ1n) is 10.9. The maximum Gasteiger partial charge on any atom is 0.295 e. The average molecular weight is 421 g/mol. The molecule has 0 spiro atoms. The summed E-state index contributed by atoms with van der Waals surface area (Å²) >= 11 is 0. The van der Waals surface area contributed by atoms with Crippen molar-refractivity contribution < 1.29 is 19.4 Å². The second kappa shape index (κ2) is 8.92. The standard InChI is InChI=1S/C25H28N2O4/c1-16(2)15-31-19-11-7-8-17(14-19)23(28)21-22(20-12-5-6-13-26-20)27(25(30)24(21)29)18-9-3-4-10-18/h5-8,11-14,16,18,22,28H,3-4,9-10,15H2,1-2H3/b23-21-. The topological polar surface area (TPSA) is 79.7 Å². The quantitative estimate of drug-likeness (QED) is 0.423. The highest BCUT2D eigenvalue weighted by molar-refractivity contribution is 6.46. The number of aliphatic hydroxyl groups excluding tert-OH is 1. The summed E-state index contributed by atoms with van der Waals surface area (Å²) in [6, 6.07) is 11.7. The van der Waals surface area contributed by atoms with Gasteiger partial charge in [0.25, 0.3) is 11.7 Å². The Bertz CT molecular complexity index is 994. The zero-order valence-electron chi connectivity index (χ0n) is 18.0. The fraction of sp³-hybridized carbons (Fsp3) is 0.400. The van der Waals surface area contributed by atoms with Gasteiger partial charge in [0.2, 0.25) is 0 Å². The Labute approximate surface area is 182 Å². The number of amides is 1. The first-order valence-corrected chi connectivity index (χ1v) is 10.9. The fourth-order valence-electron chi connectivity index (χ4n) is 4.39. The second-order valence-electron chi connectivity index (χ2n) is 8.63. The van der Waals surface area contributed by atoms with Gasteiger partial charge in [-0.05, 0) is 43.0 Å². The van der Waals surface area contributed by atoms with Crippen LogP contribution in [-0.2, 0) is 9.59 Å². The molecule has 31 heavy (non-hydrogen) atoms. The summed E-state index contributed by atoms with van der Waals surface area (Å²) in [5.74, 6) is -0.440. The monoisotopic (exact) mass is 420 g/mol. The first-order chi connectivity index (χ1) is 15.0. The Kier molecular flexibility index (Phi) is 6.07. The highest BCUT2D eigenvalue weighted by Crippen LogP contribution is 2.42. The molecule has 1 atom stereocenters. The third-order valence-corrected chi connectivity index (χ3v) is 5.86. The van der Waals surface area contributed by atoms with E-state index in [-0.39, 0.29) is 17.4 Å². The Morgan fingerprint density at radius 2 is 1.94 bits per heavy atom. The molecule has 2 fully saturated rings. The summed E-state index contributed by atoms with van der Waals surface area (Å²) in [5, 5.41) is 11.2. The largest absolute Gasteiger partial charge is 0.507 e. The highest BCUT2D eigenvalue weighted by Gasteiger charge is 2.49. The van der Waals surface area contributed by atoms with Gasteiger partial charge >= 0.3 is 0 Å². The Morgan fingerprint density at radius 3 is 2.61 bits per heavy atom. The molecule has 1 aliphatic heterocycles. The van der Waals surface area contributed by atoms with Gasteiger partial charge < -0.3 is 14.7 Å². The molecule has 1 aromatic carbocycles. The molecule has 0 bridgehead atoms. The summed E-state index contributed by atoms with van der Waals surface area (Å²) in [4.78, 5) is 32.2. The molecule has 162 valence electrons. The van der Waals surface area contributed by atoms with E-state index >= 15 is 0 Å². The van der Waals surface area contributed by atoms with Gasteiger partial charge in [-0.25, -0.2) is 0 Å². The van der Waals surface area contributed by atoms with Crippen molar-refractivity contribution in [1.29, 1.82) is 0 Å². The summed E-state index contributed by atoms with van der Waals surface area (Å²) in [6.45, 7) is 4.66. The molecule has 2 heterocycles. The molecule has 1 amide bonds. The summed E-state index contributed by atoms with van der Waals surface area (Å²) in [6.07, 6.45) is 5.41. The molecule has 6 nitrogen and oxygen atoms in total. The van der Waals surface area contributed by atoms with Crippen LogP contribution in [0.2, 0.25) is 0 Å². The maximum atomic E-state index is 13.1. The van der Waals surface area contributed by atoms with Crippen LogP contribution in [0.25, 0.3) is 5.76 Å². The molecule has 1 unspecified atom stereocenters. The summed E-state index contributed by atoms with van der Waals surface area (Å²) in [5.41, 5.74) is 1.13. The van der Waals surface area contributed by atoms with Crippen LogP contribution in [0.15, 0.2) is 54.2 Å². The highest BCUT2D eigenvalue weighted by atomic mass is 16.5. The van der Waals surface area contributed by atoms with Crippen molar-refractivity contribution in [3.8, 4) is 5.75 Å². The number of aliphatic hydroxyl groups is 1. The van der Waals surface area contributed by atoms with Crippen LogP contribution in [0.3, 0.4) is 0 Å². The van der Waals surface area contributed by atoms with E-state index in [1.54, 1.807) is 41.4 Å². The number of hydrogen-bond acceptors (Lipinski definition) is 5. The number of aromatic nitrogens is 1. The third-order valence-electron chi connectivity index (χ3n) is 5.86. The number of ether oxygens (including phenoxy) is 1. The SMILES string of the molecule is CC(C)COc1cccc(/C(O)=C2/C(=O)C(=O)N(C3CCCC3)C2c2ccccn2)c1. The van der Waals surface area contributed by atoms with Crippen molar-refractivity contribution in [3.05, 3.63) is 65.5 Å². The van der Waals surface area contributed by atoms with E-state index in [1.807, 2.05) is 12.1 Å². The lowest BCUT2D eigenvalue weighted by Crippen LogP contribution is -2.37. The van der Waals surface area contributed by atoms with Crippen molar-refractivity contribution in [1.82, 2.24) is 9.88 Å². The van der Waals surface area contributed by atoms with Crippen LogP contribution in [-0.4, -0.2) is 39.3 Å². The van der Waals surface area contributed by atoms with Crippen LogP contribution in [0.5, 0.6) is 5.75 Å². The van der Waals surface area contributed by atoms with E-state index in [0.29, 0.717) is 29.5 Å². The predicted molar refractivity (Wildman–Crippen MR) is 117 cm³/mol. The minimum absolute atomic E-state index is 0.0190. The molecule has 0 radical (unpaired) electrons. The molecule has 6 heteroatoms. The third kappa shape index (κ3) is 4.20. The lowest BCUT2D eigenvalue weighted by atomic mass is 9.97. The molecule has 4 rings (SSSR count). The molecular weight excluding hydrogens is 392 g/mol. The van der Waals surface area contributed by atoms with Gasteiger partial charge in [-0.15, -0.1) is 0 Å². The predicted octanol–water partition coefficient (Wildman–Crippen LogP) is 4.48. The lowest BCUT2D eigenvalue weighted by Gasteiger charge is -2.30. The van der Waals surface area contributed by atoms with Gasteiger partial charge in [-0.2, -0.15) is 0 Å². The van der Waals surface area contributed by atoms with Crippen LogP contribution in [0, 0.1) is 5.92 Å². The summed E-state index contributed by atoms with van der Waals surface area (Å²) < 4.78 is 5.77. The molecule has 1 saturated heterocycles. The lowest BCUT2D eigenvalue weighted by molar-refractivity contribution is -0.141. The summed E-state index contributed by atoms with van der Waals surface area (Å²) in [7, 11) is 0. The fourth-order valence-corrected chi connectivity index (χ4v) is 4.39. The molecule has 1 aliphatic carbocycles. The normalized spacial score (nSPS) is 21.3. The van der Waals surface area contributed by atoms with Crippen LogP contribution in [0.1, 0.15) is 56.8 Å². The minimum atomic E-state index is -0.690. The number of Topliss-reactive ketones (excluding diaryl/α,β-unsaturated/α-hetero) is 1. The number of pyridine rings is 1. The van der Waals surface area contributed by atoms with E-state index in [4.69, 9.17) is 4.74 Å². The molecule has 1 N–H and O–H groups in total. The number of carbonyl (C=O) groups is 2. The smallest absolute Gasteiger partial charge is 0.295 e. The van der Waals surface area contributed by atoms with Gasteiger partial charge in [0.15, 0.2) is 0 Å². The maximum absolute atomic E-state index is 13.1. The van der Waals surface area contributed by atoms with Gasteiger partial charge in [0, 0.05) is 17.8 Å². The van der Waals surface area contributed by atoms with Gasteiger partial charge in [0.05, 0.1) is 17.9 Å². The van der Waals surface area contributed by atoms with E-state index in [0.717, 1.165) is 25.7 Å². The number of rotatable bonds is 6.